The summed E-state index contributed by atoms with van der Waals surface area (Å²) in [6.07, 6.45) is 57.8. The summed E-state index contributed by atoms with van der Waals surface area (Å²) in [5.41, 5.74) is 0. The molecule has 6 atom stereocenters. The Labute approximate surface area is 465 Å². The molecule has 12 heteroatoms. The minimum Gasteiger partial charge on any atom is -0.479 e. The smallest absolute Gasteiger partial charge is 0.335 e. The van der Waals surface area contributed by atoms with Crippen LogP contribution in [0.2, 0.25) is 0 Å². The summed E-state index contributed by atoms with van der Waals surface area (Å²) in [5.74, 6) is -3.23. The SMILES string of the molecule is CC/C=C\C/C=C\C/C=C\C/C=C\CCCCC(=O)OC(COC(=O)CCCCCCCCCCC/C=C\C/C=C\CCCCC)COC1OC(C(=O)O)C(O)C(O)C1OC(=O)CCCCC/C=C\C/C=C\C/C=C\CC. The van der Waals surface area contributed by atoms with Crippen LogP contribution in [0.4, 0.5) is 0 Å². The summed E-state index contributed by atoms with van der Waals surface area (Å²) in [7, 11) is 0. The fourth-order valence-corrected chi connectivity index (χ4v) is 8.28. The van der Waals surface area contributed by atoms with Gasteiger partial charge in [-0.05, 0) is 122 Å². The average Bonchev–Trinajstić information content (AvgIpc) is 3.41. The molecular weight excluding hydrogens is 973 g/mol. The molecule has 77 heavy (non-hydrogen) atoms. The second kappa shape index (κ2) is 52.1. The van der Waals surface area contributed by atoms with Crippen LogP contribution >= 0.6 is 0 Å². The molecule has 6 unspecified atom stereocenters. The van der Waals surface area contributed by atoms with Gasteiger partial charge >= 0.3 is 23.9 Å². The number of esters is 3. The Morgan fingerprint density at radius 2 is 0.818 bits per heavy atom. The van der Waals surface area contributed by atoms with Crippen molar-refractivity contribution in [2.75, 3.05) is 13.2 Å². The van der Waals surface area contributed by atoms with Gasteiger partial charge in [-0.1, -0.05) is 194 Å². The molecule has 0 radical (unpaired) electrons. The zero-order valence-corrected chi connectivity index (χ0v) is 47.9. The highest BCUT2D eigenvalue weighted by atomic mass is 16.7. The van der Waals surface area contributed by atoms with E-state index in [1.54, 1.807) is 0 Å². The molecule has 3 N–H and O–H groups in total. The molecule has 1 aliphatic heterocycles. The van der Waals surface area contributed by atoms with Gasteiger partial charge in [-0.25, -0.2) is 4.79 Å². The number of rotatable bonds is 49. The number of aliphatic carboxylic acids is 1. The van der Waals surface area contributed by atoms with Crippen LogP contribution in [0.5, 0.6) is 0 Å². The van der Waals surface area contributed by atoms with Crippen molar-refractivity contribution >= 4 is 23.9 Å². The van der Waals surface area contributed by atoms with Gasteiger partial charge in [0.1, 0.15) is 18.8 Å². The number of aliphatic hydroxyl groups excluding tert-OH is 2. The number of carboxylic acid groups (broad SMARTS) is 1. The zero-order valence-electron chi connectivity index (χ0n) is 47.9. The highest BCUT2D eigenvalue weighted by Gasteiger charge is 2.50. The Bertz CT molecular complexity index is 1750. The number of hydrogen-bond acceptors (Lipinski definition) is 11. The largest absolute Gasteiger partial charge is 0.479 e. The number of unbranched alkanes of at least 4 members (excludes halogenated alkanes) is 17. The van der Waals surface area contributed by atoms with Gasteiger partial charge in [0.15, 0.2) is 24.6 Å². The van der Waals surface area contributed by atoms with Gasteiger partial charge in [-0.3, -0.25) is 14.4 Å². The van der Waals surface area contributed by atoms with Gasteiger partial charge in [-0.15, -0.1) is 0 Å². The Morgan fingerprint density at radius 1 is 0.442 bits per heavy atom. The number of carbonyl (C=O) groups excluding carboxylic acids is 3. The number of allylic oxidation sites excluding steroid dienone is 18. The molecule has 1 saturated heterocycles. The number of carboxylic acids is 1. The second-order valence-electron chi connectivity index (χ2n) is 19.9. The zero-order chi connectivity index (χ0) is 56.1. The summed E-state index contributed by atoms with van der Waals surface area (Å²) in [4.78, 5) is 51.1. The molecule has 0 amide bonds. The lowest BCUT2D eigenvalue weighted by Gasteiger charge is -2.40. The van der Waals surface area contributed by atoms with E-state index in [2.05, 4.69) is 130 Å². The number of hydrogen-bond donors (Lipinski definition) is 3. The molecule has 0 aromatic heterocycles. The molecule has 1 rings (SSSR count). The van der Waals surface area contributed by atoms with Gasteiger partial charge in [0, 0.05) is 19.3 Å². The molecule has 1 aliphatic rings. The van der Waals surface area contributed by atoms with Crippen molar-refractivity contribution in [2.45, 2.75) is 263 Å². The van der Waals surface area contributed by atoms with E-state index >= 15 is 0 Å². The summed E-state index contributed by atoms with van der Waals surface area (Å²) in [6, 6.07) is 0. The van der Waals surface area contributed by atoms with Crippen LogP contribution in [0.25, 0.3) is 0 Å². The van der Waals surface area contributed by atoms with Crippen molar-refractivity contribution in [1.29, 1.82) is 0 Å². The maximum Gasteiger partial charge on any atom is 0.335 e. The molecule has 0 saturated carbocycles. The predicted octanol–water partition coefficient (Wildman–Crippen LogP) is 15.4. The molecule has 0 bridgehead atoms. The van der Waals surface area contributed by atoms with Crippen LogP contribution in [0, 0.1) is 0 Å². The molecule has 0 aliphatic carbocycles. The summed E-state index contributed by atoms with van der Waals surface area (Å²) >= 11 is 0. The first-order valence-corrected chi connectivity index (χ1v) is 29.9. The van der Waals surface area contributed by atoms with Gasteiger partial charge < -0.3 is 39.0 Å². The van der Waals surface area contributed by atoms with E-state index in [0.717, 1.165) is 109 Å². The molecule has 1 fully saturated rings. The molecule has 1 heterocycles. The summed E-state index contributed by atoms with van der Waals surface area (Å²) in [6.45, 7) is 5.68. The first-order valence-electron chi connectivity index (χ1n) is 29.9. The Hall–Kier alpha value is -4.62. The summed E-state index contributed by atoms with van der Waals surface area (Å²) < 4.78 is 28.3. The van der Waals surface area contributed by atoms with E-state index in [9.17, 15) is 34.5 Å². The van der Waals surface area contributed by atoms with Crippen LogP contribution in [-0.4, -0.2) is 89.2 Å². The van der Waals surface area contributed by atoms with E-state index in [1.807, 2.05) is 0 Å². The van der Waals surface area contributed by atoms with E-state index in [4.69, 9.17) is 23.7 Å². The highest BCUT2D eigenvalue weighted by molar-refractivity contribution is 5.74. The second-order valence-corrected chi connectivity index (χ2v) is 19.9. The van der Waals surface area contributed by atoms with Crippen molar-refractivity contribution in [1.82, 2.24) is 0 Å². The summed E-state index contributed by atoms with van der Waals surface area (Å²) in [5, 5.41) is 31.5. The number of ether oxygens (including phenoxy) is 5. The molecule has 436 valence electrons. The first kappa shape index (κ1) is 70.4. The van der Waals surface area contributed by atoms with Gasteiger partial charge in [-0.2, -0.15) is 0 Å². The minimum absolute atomic E-state index is 0.0147. The molecule has 0 spiro atoms. The molecule has 12 nitrogen and oxygen atoms in total. The lowest BCUT2D eigenvalue weighted by molar-refractivity contribution is -0.301. The van der Waals surface area contributed by atoms with Crippen molar-refractivity contribution in [3.8, 4) is 0 Å². The lowest BCUT2D eigenvalue weighted by Crippen LogP contribution is -2.61. The van der Waals surface area contributed by atoms with E-state index < -0.39 is 67.3 Å². The first-order chi connectivity index (χ1) is 37.6. The number of aliphatic hydroxyl groups is 2. The normalized spacial score (nSPS) is 18.8. The van der Waals surface area contributed by atoms with Crippen LogP contribution in [0.15, 0.2) is 109 Å². The highest BCUT2D eigenvalue weighted by Crippen LogP contribution is 2.26. The fourth-order valence-electron chi connectivity index (χ4n) is 8.28. The van der Waals surface area contributed by atoms with E-state index in [-0.39, 0.29) is 25.9 Å². The molecular formula is C65H104O12. The molecule has 0 aromatic rings. The molecule has 0 aromatic carbocycles. The fraction of sp³-hybridized carbons (Fsp3) is 0.662. The third-order valence-corrected chi connectivity index (χ3v) is 12.8. The van der Waals surface area contributed by atoms with Crippen molar-refractivity contribution in [3.05, 3.63) is 109 Å². The van der Waals surface area contributed by atoms with E-state index in [1.165, 1.54) is 57.8 Å². The predicted molar refractivity (Wildman–Crippen MR) is 312 cm³/mol. The quantitative estimate of drug-likeness (QED) is 0.0228. The van der Waals surface area contributed by atoms with Gasteiger partial charge in [0.2, 0.25) is 0 Å². The third-order valence-electron chi connectivity index (χ3n) is 12.8. The Balaban J connectivity index is 2.72. The topological polar surface area (TPSA) is 175 Å². The lowest BCUT2D eigenvalue weighted by atomic mass is 9.98. The van der Waals surface area contributed by atoms with Gasteiger partial charge in [0.25, 0.3) is 0 Å². The van der Waals surface area contributed by atoms with E-state index in [0.29, 0.717) is 19.3 Å². The van der Waals surface area contributed by atoms with Crippen LogP contribution in [-0.2, 0) is 42.9 Å². The van der Waals surface area contributed by atoms with Crippen molar-refractivity contribution < 1.29 is 58.2 Å². The van der Waals surface area contributed by atoms with Gasteiger partial charge in [0.05, 0.1) is 6.61 Å². The Morgan fingerprint density at radius 3 is 1.29 bits per heavy atom. The maximum absolute atomic E-state index is 13.1. The average molecular weight is 1080 g/mol. The van der Waals surface area contributed by atoms with Crippen LogP contribution in [0.3, 0.4) is 0 Å². The van der Waals surface area contributed by atoms with Crippen molar-refractivity contribution in [2.24, 2.45) is 0 Å². The maximum atomic E-state index is 13.1. The number of carbonyl (C=O) groups is 4. The monoisotopic (exact) mass is 1080 g/mol. The Kier molecular flexibility index (Phi) is 47.6. The van der Waals surface area contributed by atoms with Crippen molar-refractivity contribution in [3.63, 3.8) is 0 Å². The van der Waals surface area contributed by atoms with Crippen LogP contribution in [0.1, 0.15) is 226 Å². The minimum atomic E-state index is -1.92. The third kappa shape index (κ3) is 42.1. The van der Waals surface area contributed by atoms with Crippen LogP contribution < -0.4 is 0 Å². The standard InChI is InChI=1S/C65H104O12/c1-4-7-10-13-16-19-22-25-27-28-29-30-32-34-36-39-42-45-48-51-57(66)73-54-56(75-58(67)52-49-46-43-40-38-35-31-26-23-20-17-14-11-8-5-2)55-74-65-63(61(70)60(69)62(77-65)64(71)72)76-59(68)53-50-47-44-41-37-33-24-21-18-15-12-9-6-3/h8-9,11-12,16-21,25-27,31,33,37-38,40,56,60-63,65,69-70H,4-7,10,13-15,22-24,28-30,32,34-36,39,41-55H2,1-3H3,(H,71,72)/b11-8-,12-9-,19-16-,20-17-,21-18-,27-25-,31-26-,37-33-,40-38-.